The summed E-state index contributed by atoms with van der Waals surface area (Å²) in [6.07, 6.45) is 4.18. The zero-order valence-corrected chi connectivity index (χ0v) is 12.6. The summed E-state index contributed by atoms with van der Waals surface area (Å²) in [7, 11) is 0. The first kappa shape index (κ1) is 15.9. The molecular formula is C14H23N3OS. The van der Waals surface area contributed by atoms with Gasteiger partial charge >= 0.3 is 0 Å². The van der Waals surface area contributed by atoms with Crippen molar-refractivity contribution in [1.82, 2.24) is 5.32 Å². The van der Waals surface area contributed by atoms with Crippen LogP contribution in [0.5, 0.6) is 0 Å². The Bertz CT molecular complexity index is 393. The highest BCUT2D eigenvalue weighted by atomic mass is 32.2. The van der Waals surface area contributed by atoms with Gasteiger partial charge in [0, 0.05) is 22.5 Å². The average molecular weight is 281 g/mol. The normalized spacial score (nSPS) is 11.2. The van der Waals surface area contributed by atoms with E-state index < -0.39 is 0 Å². The molecule has 5 heteroatoms. The predicted octanol–water partition coefficient (Wildman–Crippen LogP) is 2.62. The third-order valence-corrected chi connectivity index (χ3v) is 5.19. The van der Waals surface area contributed by atoms with Gasteiger partial charge < -0.3 is 10.7 Å². The van der Waals surface area contributed by atoms with Crippen LogP contribution >= 0.6 is 11.8 Å². The summed E-state index contributed by atoms with van der Waals surface area (Å²) in [6, 6.07) is 7.11. The molecule has 4 nitrogen and oxygen atoms in total. The maximum Gasteiger partial charge on any atom is 0.251 e. The van der Waals surface area contributed by atoms with E-state index >= 15 is 0 Å². The van der Waals surface area contributed by atoms with Crippen LogP contribution in [0.3, 0.4) is 0 Å². The lowest BCUT2D eigenvalue weighted by atomic mass is 10.0. The topological polar surface area (TPSA) is 67.2 Å². The number of nitrogens with one attached hydrogen (secondary N) is 2. The van der Waals surface area contributed by atoms with Crippen molar-refractivity contribution in [1.29, 1.82) is 0 Å². The Morgan fingerprint density at radius 1 is 1.26 bits per heavy atom. The Labute approximate surface area is 119 Å². The first-order valence-corrected chi connectivity index (χ1v) is 7.73. The second-order valence-corrected chi connectivity index (χ2v) is 5.77. The Morgan fingerprint density at radius 3 is 2.26 bits per heavy atom. The number of amides is 1. The molecule has 0 aliphatic rings. The van der Waals surface area contributed by atoms with Crippen molar-refractivity contribution in [3.05, 3.63) is 29.8 Å². The lowest BCUT2D eigenvalue weighted by Crippen LogP contribution is -2.39. The second kappa shape index (κ2) is 7.40. The van der Waals surface area contributed by atoms with Crippen molar-refractivity contribution in [2.24, 2.45) is 5.84 Å². The number of anilines is 1. The smallest absolute Gasteiger partial charge is 0.251 e. The molecule has 0 heterocycles. The lowest BCUT2D eigenvalue weighted by Gasteiger charge is -2.29. The van der Waals surface area contributed by atoms with Gasteiger partial charge in [-0.05, 0) is 43.4 Å². The van der Waals surface area contributed by atoms with E-state index in [2.05, 4.69) is 30.8 Å². The number of hydrogen-bond donors (Lipinski definition) is 3. The van der Waals surface area contributed by atoms with E-state index in [4.69, 9.17) is 5.84 Å². The number of benzene rings is 1. The van der Waals surface area contributed by atoms with Gasteiger partial charge in [0.25, 0.3) is 5.91 Å². The predicted molar refractivity (Wildman–Crippen MR) is 83.4 cm³/mol. The molecule has 4 N–H and O–H groups in total. The molecule has 0 fully saturated rings. The summed E-state index contributed by atoms with van der Waals surface area (Å²) < 4.78 is 0.133. The minimum absolute atomic E-state index is 0.0381. The summed E-state index contributed by atoms with van der Waals surface area (Å²) in [4.78, 5) is 12.1. The highest BCUT2D eigenvalue weighted by molar-refractivity contribution is 8.00. The molecule has 0 spiro atoms. The number of thioether (sulfide) groups is 1. The molecule has 0 saturated heterocycles. The summed E-state index contributed by atoms with van der Waals surface area (Å²) in [5.41, 5.74) is 3.98. The van der Waals surface area contributed by atoms with Crippen molar-refractivity contribution < 1.29 is 4.79 Å². The van der Waals surface area contributed by atoms with Crippen molar-refractivity contribution in [3.8, 4) is 0 Å². The third-order valence-electron chi connectivity index (χ3n) is 3.61. The molecule has 0 aliphatic carbocycles. The van der Waals surface area contributed by atoms with E-state index in [-0.39, 0.29) is 10.7 Å². The number of carbonyl (C=O) groups excluding carboxylic acids is 1. The number of hydrazine groups is 1. The molecule has 19 heavy (non-hydrogen) atoms. The Kier molecular flexibility index (Phi) is 6.18. The number of hydrogen-bond acceptors (Lipinski definition) is 4. The van der Waals surface area contributed by atoms with E-state index in [1.807, 2.05) is 11.8 Å². The van der Waals surface area contributed by atoms with Crippen LogP contribution in [0.15, 0.2) is 24.3 Å². The van der Waals surface area contributed by atoms with Gasteiger partial charge in [0.2, 0.25) is 0 Å². The van der Waals surface area contributed by atoms with Crippen LogP contribution in [0.1, 0.15) is 37.0 Å². The van der Waals surface area contributed by atoms with Crippen LogP contribution < -0.4 is 16.6 Å². The Morgan fingerprint density at radius 2 is 1.84 bits per heavy atom. The average Bonchev–Trinajstić information content (AvgIpc) is 2.49. The molecule has 1 aromatic rings. The maximum absolute atomic E-state index is 12.1. The van der Waals surface area contributed by atoms with Crippen LogP contribution in [0.4, 0.5) is 5.69 Å². The number of nitrogen functional groups attached to an aromatic ring is 1. The first-order valence-electron chi connectivity index (χ1n) is 6.50. The zero-order valence-electron chi connectivity index (χ0n) is 11.8. The molecule has 0 atom stereocenters. The molecule has 0 saturated carbocycles. The van der Waals surface area contributed by atoms with Gasteiger partial charge in [-0.25, -0.2) is 0 Å². The quantitative estimate of drug-likeness (QED) is 0.531. The van der Waals surface area contributed by atoms with E-state index in [0.29, 0.717) is 12.1 Å². The monoisotopic (exact) mass is 281 g/mol. The van der Waals surface area contributed by atoms with Crippen LogP contribution in [0.2, 0.25) is 0 Å². The van der Waals surface area contributed by atoms with Crippen LogP contribution in [-0.4, -0.2) is 23.5 Å². The minimum atomic E-state index is -0.0381. The van der Waals surface area contributed by atoms with Gasteiger partial charge in [-0.15, -0.1) is 0 Å². The zero-order chi connectivity index (χ0) is 14.3. The maximum atomic E-state index is 12.1. The number of carbonyl (C=O) groups is 1. The second-order valence-electron chi connectivity index (χ2n) is 4.50. The Hall–Kier alpha value is -1.20. The third kappa shape index (κ3) is 4.14. The molecule has 0 radical (unpaired) electrons. The highest BCUT2D eigenvalue weighted by Crippen LogP contribution is 2.29. The standard InChI is InChI=1S/C14H23N3OS/c1-4-14(5-2,19-3)10-16-13(18)11-6-8-12(17-15)9-7-11/h6-9,17H,4-5,10,15H2,1-3H3,(H,16,18). The first-order chi connectivity index (χ1) is 9.10. The van der Waals surface area contributed by atoms with Crippen LogP contribution in [-0.2, 0) is 0 Å². The number of rotatable bonds is 7. The van der Waals surface area contributed by atoms with Gasteiger partial charge in [-0.3, -0.25) is 10.6 Å². The highest BCUT2D eigenvalue weighted by Gasteiger charge is 2.25. The summed E-state index contributed by atoms with van der Waals surface area (Å²) in [5, 5.41) is 3.02. The van der Waals surface area contributed by atoms with Gasteiger partial charge in [-0.2, -0.15) is 11.8 Å². The van der Waals surface area contributed by atoms with Crippen molar-refractivity contribution >= 4 is 23.4 Å². The van der Waals surface area contributed by atoms with Gasteiger partial charge in [0.15, 0.2) is 0 Å². The fraction of sp³-hybridized carbons (Fsp3) is 0.500. The summed E-state index contributed by atoms with van der Waals surface area (Å²) in [6.45, 7) is 5.01. The minimum Gasteiger partial charge on any atom is -0.351 e. The van der Waals surface area contributed by atoms with Gasteiger partial charge in [0.1, 0.15) is 0 Å². The van der Waals surface area contributed by atoms with Crippen molar-refractivity contribution in [2.75, 3.05) is 18.2 Å². The van der Waals surface area contributed by atoms with E-state index in [0.717, 1.165) is 18.5 Å². The fourth-order valence-electron chi connectivity index (χ4n) is 1.92. The molecular weight excluding hydrogens is 258 g/mol. The number of nitrogens with two attached hydrogens (primary N) is 1. The summed E-state index contributed by atoms with van der Waals surface area (Å²) in [5.74, 6) is 5.25. The summed E-state index contributed by atoms with van der Waals surface area (Å²) >= 11 is 1.82. The van der Waals surface area contributed by atoms with Gasteiger partial charge in [-0.1, -0.05) is 13.8 Å². The van der Waals surface area contributed by atoms with Crippen LogP contribution in [0.25, 0.3) is 0 Å². The molecule has 0 aromatic heterocycles. The van der Waals surface area contributed by atoms with E-state index in [1.165, 1.54) is 0 Å². The molecule has 0 unspecified atom stereocenters. The van der Waals surface area contributed by atoms with E-state index in [9.17, 15) is 4.79 Å². The lowest BCUT2D eigenvalue weighted by molar-refractivity contribution is 0.0949. The Balaban J connectivity index is 2.63. The fourth-order valence-corrected chi connectivity index (χ4v) is 2.72. The molecule has 1 rings (SSSR count). The molecule has 0 aliphatic heterocycles. The van der Waals surface area contributed by atoms with Crippen molar-refractivity contribution in [3.63, 3.8) is 0 Å². The van der Waals surface area contributed by atoms with Crippen molar-refractivity contribution in [2.45, 2.75) is 31.4 Å². The molecule has 1 aromatic carbocycles. The molecule has 1 amide bonds. The van der Waals surface area contributed by atoms with Crippen LogP contribution in [0, 0.1) is 0 Å². The van der Waals surface area contributed by atoms with E-state index in [1.54, 1.807) is 24.3 Å². The molecule has 0 bridgehead atoms. The SMILES string of the molecule is CCC(CC)(CNC(=O)c1ccc(NN)cc1)SC. The molecule has 106 valence electrons. The van der Waals surface area contributed by atoms with Gasteiger partial charge in [0.05, 0.1) is 0 Å². The largest absolute Gasteiger partial charge is 0.351 e.